The third-order valence-electron chi connectivity index (χ3n) is 6.44. The summed E-state index contributed by atoms with van der Waals surface area (Å²) in [6.07, 6.45) is 0.916. The van der Waals surface area contributed by atoms with Gasteiger partial charge in [-0.2, -0.15) is 5.26 Å². The number of nitrogens with zero attached hydrogens (tertiary/aromatic N) is 1. The number of nitriles is 1. The molecule has 0 radical (unpaired) electrons. The molecule has 0 aliphatic heterocycles. The number of hydrogen-bond donors (Lipinski definition) is 0. The molecule has 1 unspecified atom stereocenters. The second-order valence-corrected chi connectivity index (χ2v) is 7.70. The van der Waals surface area contributed by atoms with Gasteiger partial charge in [-0.05, 0) is 63.1 Å². The summed E-state index contributed by atoms with van der Waals surface area (Å²) in [4.78, 5) is 0. The Morgan fingerprint density at radius 2 is 1.18 bits per heavy atom. The summed E-state index contributed by atoms with van der Waals surface area (Å²) < 4.78 is 0. The van der Waals surface area contributed by atoms with Gasteiger partial charge in [0.15, 0.2) is 0 Å². The molecule has 0 fully saturated rings. The Bertz CT molecular complexity index is 1310. The van der Waals surface area contributed by atoms with Gasteiger partial charge >= 0.3 is 0 Å². The van der Waals surface area contributed by atoms with Crippen molar-refractivity contribution in [1.29, 1.82) is 5.26 Å². The quantitative estimate of drug-likeness (QED) is 0.374. The van der Waals surface area contributed by atoms with Crippen molar-refractivity contribution in [2.45, 2.75) is 11.8 Å². The fourth-order valence-corrected chi connectivity index (χ4v) is 5.33. The molecule has 0 saturated carbocycles. The van der Waals surface area contributed by atoms with Crippen molar-refractivity contribution >= 4 is 0 Å². The molecule has 0 saturated heterocycles. The lowest BCUT2D eigenvalue weighted by atomic mass is 9.63. The SMILES string of the molecule is N#Cc1ccc2c(c1)C1(Cc3ccccc3-c3ccccc31)c1ccccc1-2. The molecule has 0 N–H and O–H groups in total. The largest absolute Gasteiger partial charge is 0.192 e. The summed E-state index contributed by atoms with van der Waals surface area (Å²) in [5.74, 6) is 0. The smallest absolute Gasteiger partial charge is 0.0991 e. The average Bonchev–Trinajstić information content (AvgIpc) is 3.04. The second-order valence-electron chi connectivity index (χ2n) is 7.70. The van der Waals surface area contributed by atoms with Crippen molar-refractivity contribution in [3.8, 4) is 28.3 Å². The number of rotatable bonds is 0. The Labute approximate surface area is 164 Å². The maximum atomic E-state index is 9.58. The van der Waals surface area contributed by atoms with Gasteiger partial charge in [-0.15, -0.1) is 0 Å². The van der Waals surface area contributed by atoms with Gasteiger partial charge in [-0.3, -0.25) is 0 Å². The van der Waals surface area contributed by atoms with Gasteiger partial charge in [-0.25, -0.2) is 0 Å². The van der Waals surface area contributed by atoms with Gasteiger partial charge < -0.3 is 0 Å². The third kappa shape index (κ3) is 1.80. The Balaban J connectivity index is 1.79. The van der Waals surface area contributed by atoms with Gasteiger partial charge in [0.05, 0.1) is 17.0 Å². The molecule has 0 amide bonds. The first-order valence-electron chi connectivity index (χ1n) is 9.65. The van der Waals surface area contributed by atoms with E-state index in [0.717, 1.165) is 12.0 Å². The fraction of sp³-hybridized carbons (Fsp3) is 0.0741. The van der Waals surface area contributed by atoms with Crippen LogP contribution in [0.25, 0.3) is 22.3 Å². The monoisotopic (exact) mass is 355 g/mol. The first kappa shape index (κ1) is 15.4. The Morgan fingerprint density at radius 3 is 1.89 bits per heavy atom. The molecule has 1 nitrogen and oxygen atoms in total. The van der Waals surface area contributed by atoms with E-state index >= 15 is 0 Å². The molecular formula is C27H17N. The van der Waals surface area contributed by atoms with E-state index in [9.17, 15) is 5.26 Å². The van der Waals surface area contributed by atoms with E-state index in [-0.39, 0.29) is 5.41 Å². The fourth-order valence-electron chi connectivity index (χ4n) is 5.33. The van der Waals surface area contributed by atoms with E-state index < -0.39 is 0 Å². The number of hydrogen-bond acceptors (Lipinski definition) is 1. The van der Waals surface area contributed by atoms with Crippen LogP contribution < -0.4 is 0 Å². The van der Waals surface area contributed by atoms with Crippen LogP contribution in [0.1, 0.15) is 27.8 Å². The van der Waals surface area contributed by atoms with Crippen LogP contribution in [-0.2, 0) is 11.8 Å². The van der Waals surface area contributed by atoms with Gasteiger partial charge in [0, 0.05) is 0 Å². The molecule has 6 rings (SSSR count). The minimum atomic E-state index is -0.246. The number of benzene rings is 4. The van der Waals surface area contributed by atoms with E-state index in [0.29, 0.717) is 0 Å². The van der Waals surface area contributed by atoms with Gasteiger partial charge in [-0.1, -0.05) is 78.9 Å². The van der Waals surface area contributed by atoms with Crippen LogP contribution in [0.2, 0.25) is 0 Å². The highest BCUT2D eigenvalue weighted by atomic mass is 14.5. The zero-order valence-corrected chi connectivity index (χ0v) is 15.3. The van der Waals surface area contributed by atoms with Crippen LogP contribution in [-0.4, -0.2) is 0 Å². The van der Waals surface area contributed by atoms with Crippen molar-refractivity contribution < 1.29 is 0 Å². The van der Waals surface area contributed by atoms with Gasteiger partial charge in [0.25, 0.3) is 0 Å². The summed E-state index contributed by atoms with van der Waals surface area (Å²) in [7, 11) is 0. The van der Waals surface area contributed by atoms with Crippen LogP contribution >= 0.6 is 0 Å². The molecule has 2 aliphatic carbocycles. The second kappa shape index (κ2) is 5.44. The first-order valence-corrected chi connectivity index (χ1v) is 9.65. The van der Waals surface area contributed by atoms with E-state index in [2.05, 4.69) is 91.0 Å². The summed E-state index contributed by atoms with van der Waals surface area (Å²) in [6, 6.07) is 34.8. The molecule has 28 heavy (non-hydrogen) atoms. The van der Waals surface area contributed by atoms with Crippen LogP contribution in [0, 0.1) is 11.3 Å². The molecule has 130 valence electrons. The third-order valence-corrected chi connectivity index (χ3v) is 6.44. The predicted octanol–water partition coefficient (Wildman–Crippen LogP) is 6.10. The molecule has 1 atom stereocenters. The van der Waals surface area contributed by atoms with E-state index in [1.165, 1.54) is 44.5 Å². The average molecular weight is 355 g/mol. The molecule has 1 spiro atoms. The Kier molecular flexibility index (Phi) is 3.00. The van der Waals surface area contributed by atoms with E-state index in [1.807, 2.05) is 6.07 Å². The first-order chi connectivity index (χ1) is 13.8. The lowest BCUT2D eigenvalue weighted by Crippen LogP contribution is -2.33. The Morgan fingerprint density at radius 1 is 0.607 bits per heavy atom. The summed E-state index contributed by atoms with van der Waals surface area (Å²) >= 11 is 0. The lowest BCUT2D eigenvalue weighted by Gasteiger charge is -2.39. The minimum absolute atomic E-state index is 0.246. The van der Waals surface area contributed by atoms with Crippen molar-refractivity contribution in [3.63, 3.8) is 0 Å². The zero-order chi connectivity index (χ0) is 18.7. The van der Waals surface area contributed by atoms with Crippen LogP contribution in [0.4, 0.5) is 0 Å². The van der Waals surface area contributed by atoms with Crippen molar-refractivity contribution in [2.75, 3.05) is 0 Å². The standard InChI is InChI=1S/C27H17N/c28-17-18-13-14-23-22-10-4-6-12-25(22)27(26(23)15-18)16-19-7-1-2-8-20(19)21-9-3-5-11-24(21)27/h1-15H,16H2. The summed E-state index contributed by atoms with van der Waals surface area (Å²) in [5.41, 5.74) is 11.0. The van der Waals surface area contributed by atoms with E-state index in [4.69, 9.17) is 0 Å². The lowest BCUT2D eigenvalue weighted by molar-refractivity contribution is 0.622. The van der Waals surface area contributed by atoms with Gasteiger partial charge in [0.2, 0.25) is 0 Å². The highest BCUT2D eigenvalue weighted by Crippen LogP contribution is 2.58. The zero-order valence-electron chi connectivity index (χ0n) is 15.3. The minimum Gasteiger partial charge on any atom is -0.192 e. The highest BCUT2D eigenvalue weighted by Gasteiger charge is 2.48. The Hall–Kier alpha value is -3.63. The predicted molar refractivity (Wildman–Crippen MR) is 112 cm³/mol. The van der Waals surface area contributed by atoms with Crippen molar-refractivity contribution in [3.05, 3.63) is 119 Å². The molecule has 0 bridgehead atoms. The van der Waals surface area contributed by atoms with Crippen LogP contribution in [0.3, 0.4) is 0 Å². The summed E-state index contributed by atoms with van der Waals surface area (Å²) in [5, 5.41) is 9.58. The molecule has 4 aromatic carbocycles. The molecule has 0 heterocycles. The van der Waals surface area contributed by atoms with Crippen LogP contribution in [0.5, 0.6) is 0 Å². The maximum absolute atomic E-state index is 9.58. The molecule has 4 aromatic rings. The van der Waals surface area contributed by atoms with Crippen molar-refractivity contribution in [2.24, 2.45) is 0 Å². The molecule has 1 heteroatoms. The molecule has 0 aromatic heterocycles. The molecule has 2 aliphatic rings. The van der Waals surface area contributed by atoms with Gasteiger partial charge in [0.1, 0.15) is 0 Å². The number of fused-ring (bicyclic) bond motifs is 9. The maximum Gasteiger partial charge on any atom is 0.0991 e. The molecular weight excluding hydrogens is 338 g/mol. The topological polar surface area (TPSA) is 23.8 Å². The van der Waals surface area contributed by atoms with Crippen molar-refractivity contribution in [1.82, 2.24) is 0 Å². The summed E-state index contributed by atoms with van der Waals surface area (Å²) in [6.45, 7) is 0. The highest BCUT2D eigenvalue weighted by molar-refractivity contribution is 5.89. The van der Waals surface area contributed by atoms with E-state index in [1.54, 1.807) is 0 Å². The van der Waals surface area contributed by atoms with Crippen LogP contribution in [0.15, 0.2) is 91.0 Å². The normalized spacial score (nSPS) is 18.0.